The monoisotopic (exact) mass is 208 g/mol. The van der Waals surface area contributed by atoms with Gasteiger partial charge in [0, 0.05) is 15.6 Å². The van der Waals surface area contributed by atoms with Crippen molar-refractivity contribution in [2.24, 2.45) is 0 Å². The van der Waals surface area contributed by atoms with E-state index in [0.717, 1.165) is 27.1 Å². The van der Waals surface area contributed by atoms with Crippen LogP contribution in [0.5, 0.6) is 10.8 Å². The average molecular weight is 208 g/mol. The zero-order valence-electron chi connectivity index (χ0n) is 8.20. The molecule has 0 aliphatic carbocycles. The van der Waals surface area contributed by atoms with Crippen molar-refractivity contribution in [3.63, 3.8) is 0 Å². The molecule has 0 aliphatic heterocycles. The Morgan fingerprint density at radius 2 is 2.21 bits per heavy atom. The maximum absolute atomic E-state index is 9.74. The summed E-state index contributed by atoms with van der Waals surface area (Å²) in [5, 5.41) is 11.6. The Morgan fingerprint density at radius 1 is 1.43 bits per heavy atom. The van der Waals surface area contributed by atoms with E-state index in [1.54, 1.807) is 24.5 Å². The number of hydrogen-bond acceptors (Lipinski definition) is 3. The summed E-state index contributed by atoms with van der Waals surface area (Å²) in [6, 6.07) is 5.57. The maximum Gasteiger partial charge on any atom is 0.177 e. The highest BCUT2D eigenvalue weighted by atomic mass is 32.1. The number of phenols is 1. The quantitative estimate of drug-likeness (QED) is 0.821. The first-order valence-corrected chi connectivity index (χ1v) is 5.37. The van der Waals surface area contributed by atoms with Crippen LogP contribution in [0.15, 0.2) is 18.2 Å². The summed E-state index contributed by atoms with van der Waals surface area (Å²) < 4.78 is 6.37. The molecule has 1 aromatic carbocycles. The molecule has 14 heavy (non-hydrogen) atoms. The van der Waals surface area contributed by atoms with Gasteiger partial charge in [-0.2, -0.15) is 0 Å². The number of hydrogen-bond donors (Lipinski definition) is 1. The van der Waals surface area contributed by atoms with Gasteiger partial charge in [0.25, 0.3) is 0 Å². The fraction of sp³-hybridized carbons (Fsp3) is 0.273. The van der Waals surface area contributed by atoms with Crippen LogP contribution in [0.4, 0.5) is 0 Å². The van der Waals surface area contributed by atoms with Gasteiger partial charge in [-0.1, -0.05) is 24.3 Å². The van der Waals surface area contributed by atoms with Gasteiger partial charge < -0.3 is 9.84 Å². The Labute approximate surface area is 86.8 Å². The molecule has 0 saturated heterocycles. The Balaban J connectivity index is 2.81. The molecule has 2 aromatic rings. The maximum atomic E-state index is 9.74. The minimum Gasteiger partial charge on any atom is -0.507 e. The van der Waals surface area contributed by atoms with Gasteiger partial charge in [0.1, 0.15) is 5.75 Å². The van der Waals surface area contributed by atoms with Crippen LogP contribution < -0.4 is 4.74 Å². The van der Waals surface area contributed by atoms with Gasteiger partial charge >= 0.3 is 0 Å². The predicted octanol–water partition coefficient (Wildman–Crippen LogP) is 3.18. The molecule has 2 rings (SSSR count). The van der Waals surface area contributed by atoms with E-state index >= 15 is 0 Å². The van der Waals surface area contributed by atoms with E-state index in [0.29, 0.717) is 5.75 Å². The van der Waals surface area contributed by atoms with E-state index < -0.39 is 0 Å². The lowest BCUT2D eigenvalue weighted by Crippen LogP contribution is -1.84. The highest BCUT2D eigenvalue weighted by Crippen LogP contribution is 2.41. The minimum absolute atomic E-state index is 0.346. The van der Waals surface area contributed by atoms with Gasteiger partial charge in [-0.3, -0.25) is 0 Å². The molecule has 0 amide bonds. The first kappa shape index (κ1) is 9.34. The molecular weight excluding hydrogens is 196 g/mol. The normalized spacial score (nSPS) is 10.7. The van der Waals surface area contributed by atoms with E-state index in [1.165, 1.54) is 0 Å². The van der Waals surface area contributed by atoms with E-state index in [1.807, 2.05) is 12.1 Å². The lowest BCUT2D eigenvalue weighted by Gasteiger charge is -2.00. The molecule has 74 valence electrons. The van der Waals surface area contributed by atoms with Crippen LogP contribution in [0.25, 0.3) is 10.1 Å². The van der Waals surface area contributed by atoms with E-state index in [2.05, 4.69) is 6.92 Å². The van der Waals surface area contributed by atoms with Gasteiger partial charge in [0.05, 0.1) is 7.11 Å². The number of phenolic OH excluding ortho intramolecular Hbond substituents is 1. The molecule has 0 atom stereocenters. The third-order valence-corrected chi connectivity index (χ3v) is 3.45. The molecule has 0 saturated carbocycles. The number of benzene rings is 1. The summed E-state index contributed by atoms with van der Waals surface area (Å²) in [6.07, 6.45) is 0.876. The first-order valence-electron chi connectivity index (χ1n) is 4.55. The summed E-state index contributed by atoms with van der Waals surface area (Å²) in [4.78, 5) is 0. The second-order valence-corrected chi connectivity index (χ2v) is 4.09. The third kappa shape index (κ3) is 1.24. The first-order chi connectivity index (χ1) is 6.77. The molecule has 2 nitrogen and oxygen atoms in total. The number of aryl methyl sites for hydroxylation is 1. The SMILES string of the molecule is CCc1c(OC)sc2cccc(O)c12. The van der Waals surface area contributed by atoms with E-state index in [9.17, 15) is 5.11 Å². The molecule has 1 aromatic heterocycles. The molecule has 0 unspecified atom stereocenters. The molecule has 0 fully saturated rings. The highest BCUT2D eigenvalue weighted by Gasteiger charge is 2.13. The van der Waals surface area contributed by atoms with Crippen molar-refractivity contribution in [3.05, 3.63) is 23.8 Å². The average Bonchev–Trinajstić information content (AvgIpc) is 2.56. The zero-order valence-corrected chi connectivity index (χ0v) is 9.02. The molecule has 0 radical (unpaired) electrons. The summed E-state index contributed by atoms with van der Waals surface area (Å²) in [7, 11) is 1.67. The second-order valence-electron chi connectivity index (χ2n) is 3.08. The number of aromatic hydroxyl groups is 1. The van der Waals surface area contributed by atoms with Gasteiger partial charge in [-0.05, 0) is 18.6 Å². The second kappa shape index (κ2) is 3.50. The Hall–Kier alpha value is -1.22. The number of ether oxygens (including phenoxy) is 1. The number of fused-ring (bicyclic) bond motifs is 1. The van der Waals surface area contributed by atoms with E-state index in [4.69, 9.17) is 4.74 Å². The minimum atomic E-state index is 0.346. The molecular formula is C11H12O2S. The summed E-state index contributed by atoms with van der Waals surface area (Å²) in [5.74, 6) is 0.346. The zero-order chi connectivity index (χ0) is 10.1. The molecule has 0 bridgehead atoms. The molecule has 0 spiro atoms. The lowest BCUT2D eigenvalue weighted by molar-refractivity contribution is 0.423. The summed E-state index contributed by atoms with van der Waals surface area (Å²) >= 11 is 1.58. The van der Waals surface area contributed by atoms with Crippen molar-refractivity contribution in [1.82, 2.24) is 0 Å². The van der Waals surface area contributed by atoms with Gasteiger partial charge in [-0.25, -0.2) is 0 Å². The molecule has 1 heterocycles. The van der Waals surface area contributed by atoms with Crippen molar-refractivity contribution in [2.75, 3.05) is 7.11 Å². The number of rotatable bonds is 2. The van der Waals surface area contributed by atoms with Crippen LogP contribution in [0.3, 0.4) is 0 Å². The topological polar surface area (TPSA) is 29.5 Å². The fourth-order valence-corrected chi connectivity index (χ4v) is 2.79. The van der Waals surface area contributed by atoms with Crippen LogP contribution in [-0.4, -0.2) is 12.2 Å². The number of thiophene rings is 1. The van der Waals surface area contributed by atoms with Crippen molar-refractivity contribution >= 4 is 21.4 Å². The van der Waals surface area contributed by atoms with Crippen molar-refractivity contribution < 1.29 is 9.84 Å². The van der Waals surface area contributed by atoms with Gasteiger partial charge in [-0.15, -0.1) is 0 Å². The highest BCUT2D eigenvalue weighted by molar-refractivity contribution is 7.21. The lowest BCUT2D eigenvalue weighted by atomic mass is 10.1. The van der Waals surface area contributed by atoms with Gasteiger partial charge in [0.2, 0.25) is 0 Å². The molecule has 1 N–H and O–H groups in total. The largest absolute Gasteiger partial charge is 0.507 e. The fourth-order valence-electron chi connectivity index (χ4n) is 1.66. The molecule has 0 aliphatic rings. The van der Waals surface area contributed by atoms with Crippen LogP contribution in [0.2, 0.25) is 0 Å². The van der Waals surface area contributed by atoms with Crippen molar-refractivity contribution in [3.8, 4) is 10.8 Å². The smallest absolute Gasteiger partial charge is 0.177 e. The van der Waals surface area contributed by atoms with Crippen LogP contribution in [-0.2, 0) is 6.42 Å². The third-order valence-electron chi connectivity index (χ3n) is 2.29. The standard InChI is InChI=1S/C11H12O2S/c1-3-7-10-8(12)5-4-6-9(10)14-11(7)13-2/h4-6,12H,3H2,1-2H3. The summed E-state index contributed by atoms with van der Waals surface area (Å²) in [5.41, 5.74) is 1.10. The Bertz CT molecular complexity index is 460. The van der Waals surface area contributed by atoms with Crippen molar-refractivity contribution in [2.45, 2.75) is 13.3 Å². The van der Waals surface area contributed by atoms with Crippen LogP contribution in [0, 0.1) is 0 Å². The van der Waals surface area contributed by atoms with Crippen LogP contribution >= 0.6 is 11.3 Å². The number of methoxy groups -OCH3 is 1. The Kier molecular flexibility index (Phi) is 2.33. The predicted molar refractivity (Wildman–Crippen MR) is 59.4 cm³/mol. The molecule has 3 heteroatoms. The summed E-state index contributed by atoms with van der Waals surface area (Å²) in [6.45, 7) is 2.07. The van der Waals surface area contributed by atoms with Crippen LogP contribution in [0.1, 0.15) is 12.5 Å². The van der Waals surface area contributed by atoms with E-state index in [-0.39, 0.29) is 0 Å². The van der Waals surface area contributed by atoms with Crippen molar-refractivity contribution in [1.29, 1.82) is 0 Å². The Morgan fingerprint density at radius 3 is 2.86 bits per heavy atom. The van der Waals surface area contributed by atoms with Gasteiger partial charge in [0.15, 0.2) is 5.06 Å².